The first kappa shape index (κ1) is 31.4. The summed E-state index contributed by atoms with van der Waals surface area (Å²) < 4.78 is 27.8. The molecule has 0 spiro atoms. The molecule has 1 aliphatic rings. The number of benzene rings is 3. The fourth-order valence-electron chi connectivity index (χ4n) is 5.98. The van der Waals surface area contributed by atoms with Gasteiger partial charge in [0, 0.05) is 19.6 Å². The maximum absolute atomic E-state index is 13.3. The van der Waals surface area contributed by atoms with Crippen LogP contribution in [0.15, 0.2) is 77.7 Å². The third-order valence-electron chi connectivity index (χ3n) is 8.14. The standard InChI is InChI=1S/C32H39Cl2N3O3S/c1-36(2)32(24-9-5-4-6-10-24)25-15-13-23(14-16-25)19-20-35-31(38)21-26-11-7-8-12-30(26)37(3)41(39,40)27-17-18-28(33)29(34)22-27/h4-12,17-18,22-23,25,32H,13-16,19-21H2,1-3H3,(H,35,38). The largest absolute Gasteiger partial charge is 0.356 e. The number of rotatable bonds is 11. The number of nitrogens with zero attached hydrogens (tertiary/aromatic N) is 2. The Morgan fingerprint density at radius 2 is 1.56 bits per heavy atom. The van der Waals surface area contributed by atoms with Crippen molar-refractivity contribution in [1.29, 1.82) is 0 Å². The highest BCUT2D eigenvalue weighted by Crippen LogP contribution is 2.40. The molecule has 1 unspecified atom stereocenters. The Balaban J connectivity index is 1.30. The maximum atomic E-state index is 13.3. The minimum absolute atomic E-state index is 0.0315. The number of hydrogen-bond acceptors (Lipinski definition) is 4. The van der Waals surface area contributed by atoms with Crippen molar-refractivity contribution in [2.45, 2.75) is 49.5 Å². The Bertz CT molecular complexity index is 1430. The predicted molar refractivity (Wildman–Crippen MR) is 168 cm³/mol. The van der Waals surface area contributed by atoms with Gasteiger partial charge in [-0.1, -0.05) is 84.6 Å². The van der Waals surface area contributed by atoms with Crippen LogP contribution in [0, 0.1) is 11.8 Å². The first-order valence-electron chi connectivity index (χ1n) is 14.1. The predicted octanol–water partition coefficient (Wildman–Crippen LogP) is 6.98. The zero-order chi connectivity index (χ0) is 29.6. The summed E-state index contributed by atoms with van der Waals surface area (Å²) in [5.74, 6) is 1.11. The molecule has 0 aliphatic heterocycles. The van der Waals surface area contributed by atoms with Crippen molar-refractivity contribution >= 4 is 44.8 Å². The summed E-state index contributed by atoms with van der Waals surface area (Å²) in [4.78, 5) is 15.3. The van der Waals surface area contributed by atoms with E-state index in [1.165, 1.54) is 48.0 Å². The molecule has 0 radical (unpaired) electrons. The van der Waals surface area contributed by atoms with Crippen LogP contribution in [-0.2, 0) is 21.2 Å². The van der Waals surface area contributed by atoms with Crippen LogP contribution in [0.1, 0.15) is 49.3 Å². The van der Waals surface area contributed by atoms with Crippen molar-refractivity contribution in [1.82, 2.24) is 10.2 Å². The molecule has 1 amide bonds. The Morgan fingerprint density at radius 3 is 2.22 bits per heavy atom. The van der Waals surface area contributed by atoms with E-state index in [2.05, 4.69) is 54.6 Å². The molecule has 41 heavy (non-hydrogen) atoms. The van der Waals surface area contributed by atoms with Crippen molar-refractivity contribution in [2.75, 3.05) is 32.0 Å². The molecule has 1 aliphatic carbocycles. The van der Waals surface area contributed by atoms with Gasteiger partial charge in [-0.15, -0.1) is 0 Å². The topological polar surface area (TPSA) is 69.7 Å². The second kappa shape index (κ2) is 14.1. The lowest BCUT2D eigenvalue weighted by atomic mass is 9.75. The lowest BCUT2D eigenvalue weighted by molar-refractivity contribution is -0.120. The smallest absolute Gasteiger partial charge is 0.264 e. The van der Waals surface area contributed by atoms with Gasteiger partial charge >= 0.3 is 0 Å². The van der Waals surface area contributed by atoms with Crippen LogP contribution in [0.2, 0.25) is 10.0 Å². The molecule has 0 saturated heterocycles. The monoisotopic (exact) mass is 615 g/mol. The molecule has 3 aromatic carbocycles. The number of sulfonamides is 1. The number of anilines is 1. The zero-order valence-electron chi connectivity index (χ0n) is 23.9. The van der Waals surface area contributed by atoms with Crippen LogP contribution in [-0.4, -0.2) is 46.9 Å². The van der Waals surface area contributed by atoms with E-state index in [-0.39, 0.29) is 27.3 Å². The van der Waals surface area contributed by atoms with E-state index >= 15 is 0 Å². The molecule has 0 aromatic heterocycles. The van der Waals surface area contributed by atoms with E-state index in [4.69, 9.17) is 23.2 Å². The summed E-state index contributed by atoms with van der Waals surface area (Å²) in [5.41, 5.74) is 2.46. The number of carbonyl (C=O) groups excluding carboxylic acids is 1. The molecule has 1 saturated carbocycles. The average Bonchev–Trinajstić information content (AvgIpc) is 2.95. The molecule has 3 aromatic rings. The minimum atomic E-state index is -3.90. The van der Waals surface area contributed by atoms with Crippen molar-refractivity contribution < 1.29 is 13.2 Å². The van der Waals surface area contributed by atoms with E-state index in [1.807, 2.05) is 0 Å². The highest BCUT2D eigenvalue weighted by Gasteiger charge is 2.30. The van der Waals surface area contributed by atoms with Crippen LogP contribution >= 0.6 is 23.2 Å². The third-order valence-corrected chi connectivity index (χ3v) is 10.6. The highest BCUT2D eigenvalue weighted by atomic mass is 35.5. The van der Waals surface area contributed by atoms with Crippen LogP contribution in [0.4, 0.5) is 5.69 Å². The summed E-state index contributed by atoms with van der Waals surface area (Å²) in [5, 5.41) is 3.50. The number of nitrogens with one attached hydrogen (secondary N) is 1. The van der Waals surface area contributed by atoms with E-state index < -0.39 is 10.0 Å². The minimum Gasteiger partial charge on any atom is -0.356 e. The lowest BCUT2D eigenvalue weighted by Crippen LogP contribution is -2.32. The summed E-state index contributed by atoms with van der Waals surface area (Å²) in [7, 11) is 1.91. The van der Waals surface area contributed by atoms with Crippen LogP contribution in [0.25, 0.3) is 0 Å². The van der Waals surface area contributed by atoms with Crippen molar-refractivity contribution in [3.8, 4) is 0 Å². The molecular formula is C32H39Cl2N3O3S. The number of hydrogen-bond donors (Lipinski definition) is 1. The van der Waals surface area contributed by atoms with E-state index in [0.29, 0.717) is 35.7 Å². The molecule has 9 heteroatoms. The van der Waals surface area contributed by atoms with Gasteiger partial charge in [0.2, 0.25) is 5.91 Å². The summed E-state index contributed by atoms with van der Waals surface area (Å²) >= 11 is 12.0. The van der Waals surface area contributed by atoms with Gasteiger partial charge in [-0.25, -0.2) is 8.42 Å². The summed E-state index contributed by atoms with van der Waals surface area (Å²) in [6.07, 6.45) is 5.73. The third kappa shape index (κ3) is 7.83. The van der Waals surface area contributed by atoms with E-state index in [0.717, 1.165) is 19.3 Å². The van der Waals surface area contributed by atoms with Crippen molar-refractivity contribution in [3.63, 3.8) is 0 Å². The fourth-order valence-corrected chi connectivity index (χ4v) is 7.60. The van der Waals surface area contributed by atoms with Gasteiger partial charge in [0.05, 0.1) is 27.0 Å². The molecule has 1 N–H and O–H groups in total. The number of para-hydroxylation sites is 1. The van der Waals surface area contributed by atoms with Gasteiger partial charge in [0.25, 0.3) is 10.0 Å². The van der Waals surface area contributed by atoms with Crippen LogP contribution in [0.3, 0.4) is 0 Å². The van der Waals surface area contributed by atoms with Gasteiger partial charge in [-0.2, -0.15) is 0 Å². The summed E-state index contributed by atoms with van der Waals surface area (Å²) in [6, 6.07) is 22.4. The van der Waals surface area contributed by atoms with Gasteiger partial charge in [0.1, 0.15) is 0 Å². The molecule has 0 bridgehead atoms. The van der Waals surface area contributed by atoms with Crippen molar-refractivity contribution in [3.05, 3.63) is 94.0 Å². The van der Waals surface area contributed by atoms with Gasteiger partial charge in [-0.05, 0) is 80.6 Å². The second-order valence-corrected chi connectivity index (χ2v) is 13.9. The molecule has 6 nitrogen and oxygen atoms in total. The van der Waals surface area contributed by atoms with Crippen LogP contribution in [0.5, 0.6) is 0 Å². The van der Waals surface area contributed by atoms with E-state index in [9.17, 15) is 13.2 Å². The zero-order valence-corrected chi connectivity index (χ0v) is 26.2. The lowest BCUT2D eigenvalue weighted by Gasteiger charge is -2.37. The molecule has 220 valence electrons. The first-order valence-corrected chi connectivity index (χ1v) is 16.3. The Hall–Kier alpha value is -2.58. The molecular weight excluding hydrogens is 577 g/mol. The number of carbonyl (C=O) groups is 1. The van der Waals surface area contributed by atoms with Gasteiger partial charge in [-0.3, -0.25) is 9.10 Å². The Labute approximate surface area is 254 Å². The quantitative estimate of drug-likeness (QED) is 0.253. The van der Waals surface area contributed by atoms with Crippen molar-refractivity contribution in [2.24, 2.45) is 11.8 Å². The number of amides is 1. The molecule has 0 heterocycles. The van der Waals surface area contributed by atoms with E-state index in [1.54, 1.807) is 24.3 Å². The fraction of sp³-hybridized carbons (Fsp3) is 0.406. The number of halogens is 2. The normalized spacial score (nSPS) is 18.2. The summed E-state index contributed by atoms with van der Waals surface area (Å²) in [6.45, 7) is 0.615. The molecule has 1 fully saturated rings. The van der Waals surface area contributed by atoms with Gasteiger partial charge in [0.15, 0.2) is 0 Å². The second-order valence-electron chi connectivity index (χ2n) is 11.1. The molecule has 4 rings (SSSR count). The Kier molecular flexibility index (Phi) is 10.8. The first-order chi connectivity index (χ1) is 19.6. The maximum Gasteiger partial charge on any atom is 0.264 e. The average molecular weight is 617 g/mol. The Morgan fingerprint density at radius 1 is 0.902 bits per heavy atom. The highest BCUT2D eigenvalue weighted by molar-refractivity contribution is 7.92. The SMILES string of the molecule is CN(C)C(c1ccccc1)C1CCC(CCNC(=O)Cc2ccccc2N(C)S(=O)(=O)c2ccc(Cl)c(Cl)c2)CC1. The molecule has 1 atom stereocenters. The van der Waals surface area contributed by atoms with Gasteiger partial charge < -0.3 is 10.2 Å². The van der Waals surface area contributed by atoms with Crippen LogP contribution < -0.4 is 9.62 Å².